The number of non-ortho nitro benzene ring substituents is 1. The molecular formula is C22H19NO5. The van der Waals surface area contributed by atoms with Gasteiger partial charge in [-0.25, -0.2) is 4.79 Å². The highest BCUT2D eigenvalue weighted by Gasteiger charge is 2.09. The molecule has 0 N–H and O–H groups in total. The summed E-state index contributed by atoms with van der Waals surface area (Å²) in [5.74, 6) is 0.335. The first-order valence-electron chi connectivity index (χ1n) is 8.70. The predicted molar refractivity (Wildman–Crippen MR) is 104 cm³/mol. The number of esters is 1. The zero-order valence-electron chi connectivity index (χ0n) is 15.3. The number of nitro benzene ring substituents is 1. The smallest absolute Gasteiger partial charge is 0.338 e. The van der Waals surface area contributed by atoms with Crippen LogP contribution in [0, 0.1) is 17.0 Å². The fraction of sp³-hybridized carbons (Fsp3) is 0.136. The summed E-state index contributed by atoms with van der Waals surface area (Å²) in [7, 11) is 0. The van der Waals surface area contributed by atoms with Crippen molar-refractivity contribution in [1.82, 2.24) is 0 Å². The minimum Gasteiger partial charge on any atom is -0.489 e. The quantitative estimate of drug-likeness (QED) is 0.334. The number of rotatable bonds is 7. The van der Waals surface area contributed by atoms with Crippen molar-refractivity contribution in [2.45, 2.75) is 20.1 Å². The van der Waals surface area contributed by atoms with Gasteiger partial charge in [-0.1, -0.05) is 29.8 Å². The molecule has 0 unspecified atom stereocenters. The van der Waals surface area contributed by atoms with Gasteiger partial charge in [0.15, 0.2) is 0 Å². The number of hydrogen-bond donors (Lipinski definition) is 0. The van der Waals surface area contributed by atoms with Gasteiger partial charge in [-0.15, -0.1) is 0 Å². The van der Waals surface area contributed by atoms with Gasteiger partial charge in [0.25, 0.3) is 5.69 Å². The van der Waals surface area contributed by atoms with E-state index in [-0.39, 0.29) is 12.3 Å². The minimum absolute atomic E-state index is 0.00137. The molecule has 0 heterocycles. The van der Waals surface area contributed by atoms with Gasteiger partial charge >= 0.3 is 5.97 Å². The Morgan fingerprint density at radius 2 is 1.43 bits per heavy atom. The summed E-state index contributed by atoms with van der Waals surface area (Å²) < 4.78 is 11.0. The highest BCUT2D eigenvalue weighted by atomic mass is 16.6. The fourth-order valence-electron chi connectivity index (χ4n) is 2.48. The van der Waals surface area contributed by atoms with Crippen LogP contribution < -0.4 is 4.74 Å². The van der Waals surface area contributed by atoms with Gasteiger partial charge < -0.3 is 9.47 Å². The molecule has 0 aromatic heterocycles. The molecule has 0 aliphatic rings. The second-order valence-corrected chi connectivity index (χ2v) is 6.30. The largest absolute Gasteiger partial charge is 0.489 e. The highest BCUT2D eigenvalue weighted by molar-refractivity contribution is 5.89. The Bertz CT molecular complexity index is 948. The van der Waals surface area contributed by atoms with E-state index in [1.165, 1.54) is 17.7 Å². The van der Waals surface area contributed by atoms with Crippen LogP contribution in [0.25, 0.3) is 0 Å². The first-order chi connectivity index (χ1) is 13.5. The number of ether oxygens (including phenoxy) is 2. The summed E-state index contributed by atoms with van der Waals surface area (Å²) in [6.45, 7) is 2.47. The zero-order valence-corrected chi connectivity index (χ0v) is 15.3. The van der Waals surface area contributed by atoms with Crippen LogP contribution in [-0.2, 0) is 18.0 Å². The molecule has 0 amide bonds. The number of nitro groups is 1. The standard InChI is InChI=1S/C22H19NO5/c1-16-2-12-21(13-3-16)27-14-17-4-8-19(9-5-17)22(24)28-15-18-6-10-20(11-7-18)23(25)26/h2-13H,14-15H2,1H3. The van der Waals surface area contributed by atoms with E-state index in [0.717, 1.165) is 11.3 Å². The van der Waals surface area contributed by atoms with Crippen molar-refractivity contribution in [3.63, 3.8) is 0 Å². The van der Waals surface area contributed by atoms with Crippen LogP contribution >= 0.6 is 0 Å². The molecule has 142 valence electrons. The van der Waals surface area contributed by atoms with E-state index in [2.05, 4.69) is 0 Å². The third-order valence-electron chi connectivity index (χ3n) is 4.13. The molecular weight excluding hydrogens is 358 g/mol. The van der Waals surface area contributed by atoms with Crippen LogP contribution in [0.4, 0.5) is 5.69 Å². The number of aryl methyl sites for hydroxylation is 1. The molecule has 3 rings (SSSR count). The van der Waals surface area contributed by atoms with E-state index < -0.39 is 10.9 Å². The molecule has 0 atom stereocenters. The van der Waals surface area contributed by atoms with Gasteiger partial charge in [-0.2, -0.15) is 0 Å². The first-order valence-corrected chi connectivity index (χ1v) is 8.70. The normalized spacial score (nSPS) is 10.3. The Morgan fingerprint density at radius 3 is 2.04 bits per heavy atom. The van der Waals surface area contributed by atoms with Crippen molar-refractivity contribution < 1.29 is 19.2 Å². The van der Waals surface area contributed by atoms with Crippen LogP contribution in [0.3, 0.4) is 0 Å². The number of carbonyl (C=O) groups excluding carboxylic acids is 1. The minimum atomic E-state index is -0.472. The van der Waals surface area contributed by atoms with Crippen LogP contribution in [0.1, 0.15) is 27.0 Å². The third-order valence-corrected chi connectivity index (χ3v) is 4.13. The fourth-order valence-corrected chi connectivity index (χ4v) is 2.48. The predicted octanol–water partition coefficient (Wildman–Crippen LogP) is 4.84. The first kappa shape index (κ1) is 19.1. The summed E-state index contributed by atoms with van der Waals surface area (Å²) in [5, 5.41) is 10.6. The molecule has 0 spiro atoms. The lowest BCUT2D eigenvalue weighted by Crippen LogP contribution is -2.05. The van der Waals surface area contributed by atoms with Crippen molar-refractivity contribution in [3.8, 4) is 5.75 Å². The second-order valence-electron chi connectivity index (χ2n) is 6.30. The number of nitrogens with zero attached hydrogens (tertiary/aromatic N) is 1. The van der Waals surface area contributed by atoms with E-state index in [9.17, 15) is 14.9 Å². The molecule has 0 saturated carbocycles. The number of hydrogen-bond acceptors (Lipinski definition) is 5. The maximum absolute atomic E-state index is 12.2. The molecule has 3 aromatic carbocycles. The molecule has 6 nitrogen and oxygen atoms in total. The monoisotopic (exact) mass is 377 g/mol. The van der Waals surface area contributed by atoms with E-state index in [4.69, 9.17) is 9.47 Å². The number of benzene rings is 3. The van der Waals surface area contributed by atoms with Gasteiger partial charge in [-0.05, 0) is 54.4 Å². The van der Waals surface area contributed by atoms with Crippen molar-refractivity contribution in [2.24, 2.45) is 0 Å². The van der Waals surface area contributed by atoms with E-state index in [0.29, 0.717) is 17.7 Å². The Labute approximate surface area is 162 Å². The average Bonchev–Trinajstić information content (AvgIpc) is 2.72. The van der Waals surface area contributed by atoms with Crippen LogP contribution in [0.15, 0.2) is 72.8 Å². The van der Waals surface area contributed by atoms with Crippen molar-refractivity contribution in [2.75, 3.05) is 0 Å². The Morgan fingerprint density at radius 1 is 0.857 bits per heavy atom. The summed E-state index contributed by atoms with van der Waals surface area (Å²) in [4.78, 5) is 22.3. The molecule has 0 radical (unpaired) electrons. The SMILES string of the molecule is Cc1ccc(OCc2ccc(C(=O)OCc3ccc([N+](=O)[O-])cc3)cc2)cc1. The lowest BCUT2D eigenvalue weighted by molar-refractivity contribution is -0.384. The maximum atomic E-state index is 12.2. The molecule has 0 fully saturated rings. The zero-order chi connectivity index (χ0) is 19.9. The summed E-state index contributed by atoms with van der Waals surface area (Å²) in [5.41, 5.74) is 3.22. The Balaban J connectivity index is 1.51. The van der Waals surface area contributed by atoms with Gasteiger partial charge in [0, 0.05) is 12.1 Å². The Kier molecular flexibility index (Phi) is 6.01. The van der Waals surface area contributed by atoms with Crippen molar-refractivity contribution >= 4 is 11.7 Å². The van der Waals surface area contributed by atoms with Gasteiger partial charge in [0.1, 0.15) is 19.0 Å². The summed E-state index contributed by atoms with van der Waals surface area (Å²) >= 11 is 0. The van der Waals surface area contributed by atoms with E-state index in [1.54, 1.807) is 24.3 Å². The van der Waals surface area contributed by atoms with Crippen LogP contribution in [-0.4, -0.2) is 10.9 Å². The second kappa shape index (κ2) is 8.81. The van der Waals surface area contributed by atoms with E-state index >= 15 is 0 Å². The average molecular weight is 377 g/mol. The van der Waals surface area contributed by atoms with Crippen LogP contribution in [0.5, 0.6) is 5.75 Å². The third kappa shape index (κ3) is 5.17. The maximum Gasteiger partial charge on any atom is 0.338 e. The Hall–Kier alpha value is -3.67. The number of carbonyl (C=O) groups is 1. The summed E-state index contributed by atoms with van der Waals surface area (Å²) in [6.07, 6.45) is 0. The topological polar surface area (TPSA) is 78.7 Å². The van der Waals surface area contributed by atoms with Crippen molar-refractivity contribution in [1.29, 1.82) is 0 Å². The molecule has 0 saturated heterocycles. The molecule has 0 aliphatic carbocycles. The summed E-state index contributed by atoms with van der Waals surface area (Å²) in [6, 6.07) is 20.7. The molecule has 3 aromatic rings. The highest BCUT2D eigenvalue weighted by Crippen LogP contribution is 2.16. The van der Waals surface area contributed by atoms with E-state index in [1.807, 2.05) is 43.3 Å². The van der Waals surface area contributed by atoms with Crippen LogP contribution in [0.2, 0.25) is 0 Å². The lowest BCUT2D eigenvalue weighted by Gasteiger charge is -2.08. The van der Waals surface area contributed by atoms with Gasteiger partial charge in [-0.3, -0.25) is 10.1 Å². The van der Waals surface area contributed by atoms with Gasteiger partial charge in [0.05, 0.1) is 10.5 Å². The van der Waals surface area contributed by atoms with Gasteiger partial charge in [0.2, 0.25) is 0 Å². The molecule has 0 bridgehead atoms. The molecule has 6 heteroatoms. The molecule has 28 heavy (non-hydrogen) atoms. The molecule has 0 aliphatic heterocycles. The lowest BCUT2D eigenvalue weighted by atomic mass is 10.1. The van der Waals surface area contributed by atoms with Crippen molar-refractivity contribution in [3.05, 3.63) is 105 Å².